The van der Waals surface area contributed by atoms with Crippen LogP contribution in [0.25, 0.3) is 0 Å². The Labute approximate surface area is 139 Å². The van der Waals surface area contributed by atoms with E-state index < -0.39 is 11.9 Å². The number of benzene rings is 1. The van der Waals surface area contributed by atoms with Crippen molar-refractivity contribution >= 4 is 11.9 Å². The van der Waals surface area contributed by atoms with Gasteiger partial charge < -0.3 is 9.47 Å². The fourth-order valence-corrected chi connectivity index (χ4v) is 2.47. The highest BCUT2D eigenvalue weighted by Gasteiger charge is 2.11. The van der Waals surface area contributed by atoms with Gasteiger partial charge in [-0.15, -0.1) is 0 Å². The van der Waals surface area contributed by atoms with Crippen LogP contribution in [-0.2, 0) is 16.0 Å². The van der Waals surface area contributed by atoms with Crippen LogP contribution in [0.5, 0.6) is 11.5 Å². The lowest BCUT2D eigenvalue weighted by Crippen LogP contribution is -2.07. The third-order valence-electron chi connectivity index (χ3n) is 3.58. The number of rotatable bonds is 10. The van der Waals surface area contributed by atoms with E-state index in [1.54, 1.807) is 12.1 Å². The van der Waals surface area contributed by atoms with Gasteiger partial charge in [0.15, 0.2) is 11.5 Å². The Kier molecular flexibility index (Phi) is 9.03. The summed E-state index contributed by atoms with van der Waals surface area (Å²) in [5.74, 6) is -0.256. The summed E-state index contributed by atoms with van der Waals surface area (Å²) in [5, 5.41) is 0. The van der Waals surface area contributed by atoms with Gasteiger partial charge in [-0.2, -0.15) is 0 Å². The second-order valence-corrected chi connectivity index (χ2v) is 5.84. The third-order valence-corrected chi connectivity index (χ3v) is 3.58. The molecule has 1 rings (SSSR count). The van der Waals surface area contributed by atoms with E-state index in [1.807, 2.05) is 6.07 Å². The van der Waals surface area contributed by atoms with Gasteiger partial charge in [0.1, 0.15) is 0 Å². The first-order valence-electron chi connectivity index (χ1n) is 8.52. The van der Waals surface area contributed by atoms with Crippen molar-refractivity contribution in [2.45, 2.75) is 72.1 Å². The minimum Gasteiger partial charge on any atom is -0.423 e. The number of carbonyl (C=O) groups is 2. The van der Waals surface area contributed by atoms with E-state index in [1.165, 1.54) is 52.4 Å². The van der Waals surface area contributed by atoms with Crippen LogP contribution in [0.1, 0.15) is 71.3 Å². The van der Waals surface area contributed by atoms with E-state index in [4.69, 9.17) is 9.47 Å². The van der Waals surface area contributed by atoms with Crippen LogP contribution in [0.2, 0.25) is 0 Å². The average molecular weight is 320 g/mol. The molecule has 0 saturated heterocycles. The molecule has 0 aliphatic carbocycles. The van der Waals surface area contributed by atoms with Crippen LogP contribution in [0.4, 0.5) is 0 Å². The zero-order valence-corrected chi connectivity index (χ0v) is 14.5. The second-order valence-electron chi connectivity index (χ2n) is 5.84. The van der Waals surface area contributed by atoms with Gasteiger partial charge in [0, 0.05) is 13.8 Å². The smallest absolute Gasteiger partial charge is 0.308 e. The minimum atomic E-state index is -0.432. The highest BCUT2D eigenvalue weighted by Crippen LogP contribution is 2.29. The number of esters is 2. The molecule has 1 aromatic rings. The fourth-order valence-electron chi connectivity index (χ4n) is 2.47. The molecule has 0 radical (unpaired) electrons. The molecule has 0 heterocycles. The number of carbonyl (C=O) groups excluding carboxylic acids is 2. The molecule has 128 valence electrons. The van der Waals surface area contributed by atoms with E-state index in [-0.39, 0.29) is 5.75 Å². The number of unbranched alkanes of at least 4 members (excludes halogenated alkanes) is 6. The molecule has 0 N–H and O–H groups in total. The summed E-state index contributed by atoms with van der Waals surface area (Å²) in [4.78, 5) is 22.3. The van der Waals surface area contributed by atoms with Crippen molar-refractivity contribution < 1.29 is 19.1 Å². The largest absolute Gasteiger partial charge is 0.423 e. The second kappa shape index (κ2) is 10.8. The summed E-state index contributed by atoms with van der Waals surface area (Å²) in [6.07, 6.45) is 9.74. The molecule has 1 aromatic carbocycles. The quantitative estimate of drug-likeness (QED) is 0.352. The number of hydrogen-bond acceptors (Lipinski definition) is 4. The van der Waals surface area contributed by atoms with Crippen LogP contribution in [0.3, 0.4) is 0 Å². The number of aryl methyl sites for hydroxylation is 1. The summed E-state index contributed by atoms with van der Waals surface area (Å²) in [6.45, 7) is 4.88. The maximum Gasteiger partial charge on any atom is 0.308 e. The first kappa shape index (κ1) is 19.2. The third kappa shape index (κ3) is 8.38. The molecule has 0 spiro atoms. The molecule has 4 heteroatoms. The van der Waals surface area contributed by atoms with Crippen LogP contribution in [0.15, 0.2) is 18.2 Å². The molecule has 0 aromatic heterocycles. The van der Waals surface area contributed by atoms with Gasteiger partial charge in [-0.25, -0.2) is 0 Å². The summed E-state index contributed by atoms with van der Waals surface area (Å²) in [5.41, 5.74) is 1.09. The van der Waals surface area contributed by atoms with Crippen LogP contribution >= 0.6 is 0 Å². The van der Waals surface area contributed by atoms with Gasteiger partial charge in [-0.1, -0.05) is 51.5 Å². The van der Waals surface area contributed by atoms with E-state index >= 15 is 0 Å². The van der Waals surface area contributed by atoms with Gasteiger partial charge in [-0.05, 0) is 30.5 Å². The van der Waals surface area contributed by atoms with E-state index in [2.05, 4.69) is 6.92 Å². The Balaban J connectivity index is 2.52. The Hall–Kier alpha value is -1.84. The standard InChI is InChI=1S/C19H28O4/c1-4-5-6-7-8-9-10-11-17-12-13-18(22-15(2)20)19(14-17)23-16(3)21/h12-14H,4-11H2,1-3H3. The van der Waals surface area contributed by atoms with E-state index in [9.17, 15) is 9.59 Å². The lowest BCUT2D eigenvalue weighted by molar-refractivity contribution is -0.134. The summed E-state index contributed by atoms with van der Waals surface area (Å²) < 4.78 is 10.2. The fraction of sp³-hybridized carbons (Fsp3) is 0.579. The Bertz CT molecular complexity index is 508. The van der Waals surface area contributed by atoms with Gasteiger partial charge in [0.2, 0.25) is 0 Å². The molecule has 23 heavy (non-hydrogen) atoms. The maximum atomic E-state index is 11.2. The first-order valence-corrected chi connectivity index (χ1v) is 8.52. The van der Waals surface area contributed by atoms with Crippen molar-refractivity contribution in [3.05, 3.63) is 23.8 Å². The molecule has 0 saturated carbocycles. The molecule has 0 bridgehead atoms. The molecular weight excluding hydrogens is 292 g/mol. The zero-order chi connectivity index (χ0) is 17.1. The predicted octanol–water partition coefficient (Wildman–Crippen LogP) is 4.83. The molecule has 4 nitrogen and oxygen atoms in total. The SMILES string of the molecule is CCCCCCCCCc1ccc(OC(C)=O)c(OC(C)=O)c1. The monoisotopic (exact) mass is 320 g/mol. The van der Waals surface area contributed by atoms with Crippen molar-refractivity contribution in [1.29, 1.82) is 0 Å². The van der Waals surface area contributed by atoms with Crippen LogP contribution < -0.4 is 9.47 Å². The number of ether oxygens (including phenoxy) is 2. The van der Waals surface area contributed by atoms with Crippen molar-refractivity contribution in [2.75, 3.05) is 0 Å². The number of hydrogen-bond donors (Lipinski definition) is 0. The summed E-state index contributed by atoms with van der Waals surface area (Å²) >= 11 is 0. The highest BCUT2D eigenvalue weighted by molar-refractivity contribution is 5.73. The molecule has 0 amide bonds. The van der Waals surface area contributed by atoms with Crippen molar-refractivity contribution in [2.24, 2.45) is 0 Å². The summed E-state index contributed by atoms with van der Waals surface area (Å²) in [7, 11) is 0. The molecule has 0 fully saturated rings. The molecule has 0 aliphatic heterocycles. The van der Waals surface area contributed by atoms with Gasteiger partial charge >= 0.3 is 11.9 Å². The van der Waals surface area contributed by atoms with Gasteiger partial charge in [0.25, 0.3) is 0 Å². The van der Waals surface area contributed by atoms with Crippen molar-refractivity contribution in [3.8, 4) is 11.5 Å². The zero-order valence-electron chi connectivity index (χ0n) is 14.5. The molecule has 0 atom stereocenters. The van der Waals surface area contributed by atoms with Crippen molar-refractivity contribution in [3.63, 3.8) is 0 Å². The predicted molar refractivity (Wildman–Crippen MR) is 90.8 cm³/mol. The Morgan fingerprint density at radius 2 is 1.39 bits per heavy atom. The topological polar surface area (TPSA) is 52.6 Å². The van der Waals surface area contributed by atoms with E-state index in [0.717, 1.165) is 18.4 Å². The molecule has 0 aliphatic rings. The summed E-state index contributed by atoms with van der Waals surface area (Å²) in [6, 6.07) is 5.40. The first-order chi connectivity index (χ1) is 11.0. The minimum absolute atomic E-state index is 0.288. The van der Waals surface area contributed by atoms with Crippen LogP contribution in [-0.4, -0.2) is 11.9 Å². The lowest BCUT2D eigenvalue weighted by atomic mass is 10.0. The molecule has 0 unspecified atom stereocenters. The molecular formula is C19H28O4. The van der Waals surface area contributed by atoms with Gasteiger partial charge in [0.05, 0.1) is 0 Å². The maximum absolute atomic E-state index is 11.2. The average Bonchev–Trinajstić information content (AvgIpc) is 2.48. The van der Waals surface area contributed by atoms with Crippen LogP contribution in [0, 0.1) is 0 Å². The van der Waals surface area contributed by atoms with Gasteiger partial charge in [-0.3, -0.25) is 9.59 Å². The van der Waals surface area contributed by atoms with E-state index in [0.29, 0.717) is 5.75 Å². The Morgan fingerprint density at radius 3 is 2.00 bits per heavy atom. The lowest BCUT2D eigenvalue weighted by Gasteiger charge is -2.10. The van der Waals surface area contributed by atoms with Crippen molar-refractivity contribution in [1.82, 2.24) is 0 Å². The Morgan fingerprint density at radius 1 is 0.826 bits per heavy atom. The highest BCUT2D eigenvalue weighted by atomic mass is 16.6. The normalized spacial score (nSPS) is 10.4.